The van der Waals surface area contributed by atoms with Crippen molar-refractivity contribution < 1.29 is 24.2 Å². The van der Waals surface area contributed by atoms with E-state index in [1.54, 1.807) is 30.3 Å². The molecular formula is C24H24N2O5. The summed E-state index contributed by atoms with van der Waals surface area (Å²) >= 11 is 0. The van der Waals surface area contributed by atoms with Crippen LogP contribution in [0.15, 0.2) is 66.2 Å². The molecule has 2 aromatic rings. The molecule has 0 saturated carbocycles. The minimum atomic E-state index is -1.28. The number of anilines is 1. The van der Waals surface area contributed by atoms with Crippen LogP contribution >= 0.6 is 0 Å². The number of fused-ring (bicyclic) bond motifs is 3. The van der Waals surface area contributed by atoms with Gasteiger partial charge in [0.05, 0.1) is 12.3 Å². The van der Waals surface area contributed by atoms with Gasteiger partial charge in [-0.15, -0.1) is 6.58 Å². The quantitative estimate of drug-likeness (QED) is 0.549. The van der Waals surface area contributed by atoms with Gasteiger partial charge in [-0.05, 0) is 30.3 Å². The van der Waals surface area contributed by atoms with Gasteiger partial charge in [-0.3, -0.25) is 9.59 Å². The van der Waals surface area contributed by atoms with Gasteiger partial charge in [0.1, 0.15) is 5.75 Å². The molecule has 2 aliphatic heterocycles. The summed E-state index contributed by atoms with van der Waals surface area (Å²) in [6.45, 7) is 5.66. The number of hydrogen-bond donors (Lipinski definition) is 1. The summed E-state index contributed by atoms with van der Waals surface area (Å²) in [6.07, 6.45) is 1.77. The molecule has 7 heteroatoms. The number of imide groups is 1. The maximum Gasteiger partial charge on any atom is 0.266 e. The summed E-state index contributed by atoms with van der Waals surface area (Å²) in [5.41, 5.74) is 0.676. The fraction of sp³-hybridized carbons (Fsp3) is 0.292. The van der Waals surface area contributed by atoms with Gasteiger partial charge in [0.2, 0.25) is 11.8 Å². The fourth-order valence-electron chi connectivity index (χ4n) is 4.03. The highest BCUT2D eigenvalue weighted by molar-refractivity contribution is 6.21. The highest BCUT2D eigenvalue weighted by Gasteiger charge is 2.58. The molecular weight excluding hydrogens is 396 g/mol. The Hall–Kier alpha value is -3.45. The second-order valence-electron chi connectivity index (χ2n) is 7.50. The zero-order chi connectivity index (χ0) is 22.0. The van der Waals surface area contributed by atoms with E-state index < -0.39 is 17.6 Å². The Morgan fingerprint density at radius 1 is 1.29 bits per heavy atom. The Morgan fingerprint density at radius 2 is 2.03 bits per heavy atom. The summed E-state index contributed by atoms with van der Waals surface area (Å²) in [4.78, 5) is 31.8. The predicted octanol–water partition coefficient (Wildman–Crippen LogP) is 3.17. The van der Waals surface area contributed by atoms with Crippen LogP contribution in [0, 0.1) is 0 Å². The van der Waals surface area contributed by atoms with Gasteiger partial charge in [0, 0.05) is 37.5 Å². The largest absolute Gasteiger partial charge is 0.494 e. The van der Waals surface area contributed by atoms with E-state index in [4.69, 9.17) is 19.6 Å². The van der Waals surface area contributed by atoms with Crippen LogP contribution in [0.3, 0.4) is 0 Å². The Kier molecular flexibility index (Phi) is 5.61. The summed E-state index contributed by atoms with van der Waals surface area (Å²) < 4.78 is 11.8. The number of nitrogens with zero attached hydrogens (tertiary/aromatic N) is 2. The third-order valence-electron chi connectivity index (χ3n) is 5.44. The second-order valence-corrected chi connectivity index (χ2v) is 7.50. The number of amides is 2. The molecule has 160 valence electrons. The molecule has 2 amide bonds. The minimum absolute atomic E-state index is 0.0717. The first-order valence-electron chi connectivity index (χ1n) is 10.2. The van der Waals surface area contributed by atoms with Crippen molar-refractivity contribution in [1.82, 2.24) is 0 Å². The van der Waals surface area contributed by atoms with E-state index in [0.29, 0.717) is 35.9 Å². The van der Waals surface area contributed by atoms with E-state index in [2.05, 4.69) is 6.58 Å². The number of hydrogen-bond acceptors (Lipinski definition) is 6. The first-order chi connectivity index (χ1) is 15.0. The van der Waals surface area contributed by atoms with Crippen molar-refractivity contribution in [2.45, 2.75) is 31.4 Å². The van der Waals surface area contributed by atoms with Gasteiger partial charge in [-0.25, -0.2) is 9.89 Å². The molecule has 4 rings (SSSR count). The summed E-state index contributed by atoms with van der Waals surface area (Å²) in [5, 5.41) is 8.87. The molecule has 7 nitrogen and oxygen atoms in total. The molecule has 2 aromatic carbocycles. The summed E-state index contributed by atoms with van der Waals surface area (Å²) in [7, 11) is 0. The lowest BCUT2D eigenvalue weighted by Crippen LogP contribution is -2.55. The van der Waals surface area contributed by atoms with Crippen molar-refractivity contribution in [3.8, 4) is 5.75 Å². The second kappa shape index (κ2) is 8.35. The maximum absolute atomic E-state index is 13.5. The molecule has 0 aliphatic carbocycles. The van der Waals surface area contributed by atoms with Crippen LogP contribution in [0.4, 0.5) is 5.69 Å². The lowest BCUT2D eigenvalue weighted by atomic mass is 9.80. The van der Waals surface area contributed by atoms with Crippen molar-refractivity contribution in [3.05, 3.63) is 72.3 Å². The Bertz CT molecular complexity index is 1050. The third kappa shape index (κ3) is 3.51. The Morgan fingerprint density at radius 3 is 2.71 bits per heavy atom. The van der Waals surface area contributed by atoms with Gasteiger partial charge >= 0.3 is 0 Å². The average molecular weight is 420 g/mol. The van der Waals surface area contributed by atoms with Crippen molar-refractivity contribution >= 4 is 23.4 Å². The summed E-state index contributed by atoms with van der Waals surface area (Å²) in [5.74, 6) is 0.218. The molecule has 0 bridgehead atoms. The van der Waals surface area contributed by atoms with Crippen LogP contribution in [0.5, 0.6) is 5.75 Å². The van der Waals surface area contributed by atoms with E-state index in [0.717, 1.165) is 5.56 Å². The Labute approximate surface area is 180 Å². The van der Waals surface area contributed by atoms with Gasteiger partial charge in [-0.1, -0.05) is 24.3 Å². The number of aliphatic hydroxyl groups is 1. The number of para-hydroxylation sites is 1. The molecule has 31 heavy (non-hydrogen) atoms. The number of carbonyl (C=O) groups is 2. The zero-order valence-corrected chi connectivity index (χ0v) is 17.3. The average Bonchev–Trinajstić information content (AvgIpc) is 3.16. The molecule has 0 aromatic heterocycles. The highest BCUT2D eigenvalue weighted by atomic mass is 16.5. The smallest absolute Gasteiger partial charge is 0.266 e. The van der Waals surface area contributed by atoms with Crippen LogP contribution in [0.1, 0.15) is 37.0 Å². The van der Waals surface area contributed by atoms with Crippen molar-refractivity contribution in [1.29, 1.82) is 0 Å². The SMILES string of the molecule is C=CC[C@]12N=C(c3ccc(OCCCO)cc3)O[C@H]1c1ccccc1N(C(C)=O)C2=O. The predicted molar refractivity (Wildman–Crippen MR) is 116 cm³/mol. The first kappa shape index (κ1) is 20.8. The van der Waals surface area contributed by atoms with Gasteiger partial charge < -0.3 is 14.6 Å². The molecule has 2 atom stereocenters. The first-order valence-corrected chi connectivity index (χ1v) is 10.2. The van der Waals surface area contributed by atoms with E-state index >= 15 is 0 Å². The molecule has 0 saturated heterocycles. The van der Waals surface area contributed by atoms with Crippen LogP contribution < -0.4 is 9.64 Å². The van der Waals surface area contributed by atoms with Gasteiger partial charge in [0.15, 0.2) is 11.6 Å². The molecule has 0 unspecified atom stereocenters. The van der Waals surface area contributed by atoms with Crippen molar-refractivity contribution in [2.75, 3.05) is 18.1 Å². The van der Waals surface area contributed by atoms with E-state index in [1.807, 2.05) is 24.3 Å². The third-order valence-corrected chi connectivity index (χ3v) is 5.44. The number of aliphatic hydroxyl groups excluding tert-OH is 1. The van der Waals surface area contributed by atoms with E-state index in [-0.39, 0.29) is 18.9 Å². The van der Waals surface area contributed by atoms with Gasteiger partial charge in [0.25, 0.3) is 5.91 Å². The molecule has 0 spiro atoms. The number of carbonyl (C=O) groups excluding carboxylic acids is 2. The lowest BCUT2D eigenvalue weighted by molar-refractivity contribution is -0.131. The number of ether oxygens (including phenoxy) is 2. The van der Waals surface area contributed by atoms with E-state index in [1.165, 1.54) is 11.8 Å². The van der Waals surface area contributed by atoms with Crippen LogP contribution in [-0.4, -0.2) is 41.6 Å². The topological polar surface area (TPSA) is 88.4 Å². The number of aliphatic imine (C=N–C) groups is 1. The zero-order valence-electron chi connectivity index (χ0n) is 17.3. The number of benzene rings is 2. The van der Waals surface area contributed by atoms with Crippen molar-refractivity contribution in [3.63, 3.8) is 0 Å². The normalized spacial score (nSPS) is 21.6. The van der Waals surface area contributed by atoms with Crippen LogP contribution in [0.25, 0.3) is 0 Å². The molecule has 2 aliphatic rings. The summed E-state index contributed by atoms with van der Waals surface area (Å²) in [6, 6.07) is 14.4. The molecule has 2 heterocycles. The molecule has 0 radical (unpaired) electrons. The monoisotopic (exact) mass is 420 g/mol. The van der Waals surface area contributed by atoms with Crippen LogP contribution in [0.2, 0.25) is 0 Å². The minimum Gasteiger partial charge on any atom is -0.494 e. The number of rotatable bonds is 7. The highest BCUT2D eigenvalue weighted by Crippen LogP contribution is 2.50. The fourth-order valence-corrected chi connectivity index (χ4v) is 4.03. The van der Waals surface area contributed by atoms with E-state index in [9.17, 15) is 9.59 Å². The maximum atomic E-state index is 13.5. The Balaban J connectivity index is 1.73. The van der Waals surface area contributed by atoms with Crippen molar-refractivity contribution in [2.24, 2.45) is 4.99 Å². The molecule has 0 fully saturated rings. The van der Waals surface area contributed by atoms with Crippen LogP contribution in [-0.2, 0) is 14.3 Å². The molecule has 1 N–H and O–H groups in total. The van der Waals surface area contributed by atoms with Gasteiger partial charge in [-0.2, -0.15) is 0 Å². The lowest BCUT2D eigenvalue weighted by Gasteiger charge is -2.39. The standard InChI is InChI=1S/C24H24N2O5/c1-3-13-24-21(19-7-4-5-8-20(19)26(16(2)28)23(24)29)31-22(25-24)17-9-11-18(12-10-17)30-15-6-14-27/h3-5,7-12,21,27H,1,6,13-15H2,2H3/t21-,24-/m0/s1.